The van der Waals surface area contributed by atoms with E-state index in [-0.39, 0.29) is 29.7 Å². The molecule has 2 aliphatic heterocycles. The summed E-state index contributed by atoms with van der Waals surface area (Å²) in [5.41, 5.74) is 5.55. The van der Waals surface area contributed by atoms with Crippen LogP contribution in [0.2, 0.25) is 0 Å². The Morgan fingerprint density at radius 2 is 2.25 bits per heavy atom. The molecule has 1 aromatic rings. The zero-order valence-corrected chi connectivity index (χ0v) is 12.0. The van der Waals surface area contributed by atoms with Crippen LogP contribution >= 0.6 is 11.3 Å². The summed E-state index contributed by atoms with van der Waals surface area (Å²) in [6, 6.07) is -0.173. The minimum Gasteiger partial charge on any atom is -0.305 e. The number of carbonyl (C=O) groups is 2. The van der Waals surface area contributed by atoms with Crippen LogP contribution in [0.25, 0.3) is 0 Å². The van der Waals surface area contributed by atoms with Gasteiger partial charge in [0.2, 0.25) is 16.9 Å². The molecule has 2 amide bonds. The summed E-state index contributed by atoms with van der Waals surface area (Å²) in [6.07, 6.45) is 0. The van der Waals surface area contributed by atoms with E-state index in [1.54, 1.807) is 0 Å². The third-order valence-corrected chi connectivity index (χ3v) is 4.43. The lowest BCUT2D eigenvalue weighted by Crippen LogP contribution is -2.54. The molecule has 0 bridgehead atoms. The van der Waals surface area contributed by atoms with E-state index >= 15 is 0 Å². The van der Waals surface area contributed by atoms with E-state index in [1.807, 2.05) is 18.9 Å². The number of rotatable bonds is 2. The first-order valence-electron chi connectivity index (χ1n) is 6.39. The monoisotopic (exact) mass is 296 g/mol. The fraction of sp³-hybridized carbons (Fsp3) is 0.636. The molecule has 3 atom stereocenters. The molecule has 0 aromatic carbocycles. The van der Waals surface area contributed by atoms with Gasteiger partial charge < -0.3 is 10.2 Å². The Morgan fingerprint density at radius 3 is 2.95 bits per heavy atom. The van der Waals surface area contributed by atoms with Crippen LogP contribution in [0.15, 0.2) is 0 Å². The van der Waals surface area contributed by atoms with E-state index < -0.39 is 0 Å². The van der Waals surface area contributed by atoms with Gasteiger partial charge in [0.05, 0.1) is 17.9 Å². The summed E-state index contributed by atoms with van der Waals surface area (Å²) in [4.78, 5) is 26.1. The molecule has 0 saturated carbocycles. The van der Waals surface area contributed by atoms with Crippen molar-refractivity contribution in [1.82, 2.24) is 25.9 Å². The standard InChI is InChI=1S/C11H16N6O2S/c1-5-13-16-11(20-5)12-9(18)6-3-17(2)4-7-8(6)14-15-10(7)19/h6-8,14H,3-4H2,1-2H3,(H,15,19)(H,12,16,18). The van der Waals surface area contributed by atoms with Crippen molar-refractivity contribution in [3.8, 4) is 0 Å². The number of amides is 2. The third kappa shape index (κ3) is 2.39. The van der Waals surface area contributed by atoms with E-state index in [1.165, 1.54) is 11.3 Å². The average Bonchev–Trinajstić information content (AvgIpc) is 2.96. The Kier molecular flexibility index (Phi) is 3.40. The number of hydrazine groups is 1. The molecule has 2 fully saturated rings. The zero-order chi connectivity index (χ0) is 14.3. The van der Waals surface area contributed by atoms with E-state index in [0.29, 0.717) is 18.2 Å². The fourth-order valence-corrected chi connectivity index (χ4v) is 3.33. The van der Waals surface area contributed by atoms with Crippen LogP contribution in [0.4, 0.5) is 5.13 Å². The van der Waals surface area contributed by atoms with Gasteiger partial charge in [-0.3, -0.25) is 15.0 Å². The minimum atomic E-state index is -0.304. The van der Waals surface area contributed by atoms with Gasteiger partial charge in [0.25, 0.3) is 0 Å². The first-order valence-corrected chi connectivity index (χ1v) is 7.21. The SMILES string of the molecule is Cc1nnc(NC(=O)C2CN(C)CC3C(=O)NNC32)s1. The van der Waals surface area contributed by atoms with Crippen LogP contribution in [0.5, 0.6) is 0 Å². The first kappa shape index (κ1) is 13.4. The van der Waals surface area contributed by atoms with Crippen molar-refractivity contribution >= 4 is 28.3 Å². The highest BCUT2D eigenvalue weighted by Crippen LogP contribution is 2.26. The topological polar surface area (TPSA) is 99.2 Å². The molecule has 3 heterocycles. The van der Waals surface area contributed by atoms with Crippen LogP contribution in [0.1, 0.15) is 5.01 Å². The maximum atomic E-state index is 12.4. The second kappa shape index (κ2) is 5.08. The number of hydrogen-bond donors (Lipinski definition) is 3. The number of aromatic nitrogens is 2. The summed E-state index contributed by atoms with van der Waals surface area (Å²) in [5, 5.41) is 11.8. The van der Waals surface area contributed by atoms with E-state index in [9.17, 15) is 9.59 Å². The molecule has 3 N–H and O–H groups in total. The smallest absolute Gasteiger partial charge is 0.240 e. The molecule has 0 spiro atoms. The lowest BCUT2D eigenvalue weighted by Gasteiger charge is -2.36. The van der Waals surface area contributed by atoms with Gasteiger partial charge in [-0.15, -0.1) is 10.2 Å². The van der Waals surface area contributed by atoms with E-state index in [4.69, 9.17) is 0 Å². The molecule has 0 radical (unpaired) electrons. The van der Waals surface area contributed by atoms with Crippen LogP contribution < -0.4 is 16.2 Å². The zero-order valence-electron chi connectivity index (χ0n) is 11.2. The number of fused-ring (bicyclic) bond motifs is 1. The molecule has 3 rings (SSSR count). The number of piperidine rings is 1. The summed E-state index contributed by atoms with van der Waals surface area (Å²) in [5.74, 6) is -0.680. The van der Waals surface area contributed by atoms with Crippen molar-refractivity contribution < 1.29 is 9.59 Å². The van der Waals surface area contributed by atoms with Crippen molar-refractivity contribution in [2.75, 3.05) is 25.5 Å². The number of nitrogens with zero attached hydrogens (tertiary/aromatic N) is 3. The highest BCUT2D eigenvalue weighted by Gasteiger charge is 2.46. The predicted octanol–water partition coefficient (Wildman–Crippen LogP) is -1.03. The number of hydrogen-bond acceptors (Lipinski definition) is 7. The number of anilines is 1. The maximum Gasteiger partial charge on any atom is 0.240 e. The fourth-order valence-electron chi connectivity index (χ4n) is 2.74. The molecule has 20 heavy (non-hydrogen) atoms. The van der Waals surface area contributed by atoms with Crippen molar-refractivity contribution in [2.45, 2.75) is 13.0 Å². The van der Waals surface area contributed by atoms with Gasteiger partial charge in [-0.2, -0.15) is 0 Å². The molecule has 2 aliphatic rings. The van der Waals surface area contributed by atoms with Gasteiger partial charge in [0, 0.05) is 13.1 Å². The van der Waals surface area contributed by atoms with Crippen LogP contribution in [0.3, 0.4) is 0 Å². The first-order chi connectivity index (χ1) is 9.54. The van der Waals surface area contributed by atoms with Gasteiger partial charge in [-0.25, -0.2) is 5.43 Å². The van der Waals surface area contributed by atoms with E-state index in [0.717, 1.165) is 5.01 Å². The summed E-state index contributed by atoms with van der Waals surface area (Å²) in [6.45, 7) is 3.09. The Labute approximate surface area is 119 Å². The number of nitrogens with one attached hydrogen (secondary N) is 3. The van der Waals surface area contributed by atoms with Crippen molar-refractivity contribution in [1.29, 1.82) is 0 Å². The second-order valence-electron chi connectivity index (χ2n) is 5.21. The largest absolute Gasteiger partial charge is 0.305 e. The Hall–Kier alpha value is -1.58. The maximum absolute atomic E-state index is 12.4. The average molecular weight is 296 g/mol. The molecule has 0 aliphatic carbocycles. The number of likely N-dealkylation sites (tertiary alicyclic amines) is 1. The van der Waals surface area contributed by atoms with Gasteiger partial charge in [0.1, 0.15) is 5.01 Å². The van der Waals surface area contributed by atoms with Gasteiger partial charge in [0.15, 0.2) is 0 Å². The van der Waals surface area contributed by atoms with Crippen LogP contribution in [0, 0.1) is 18.8 Å². The van der Waals surface area contributed by atoms with Gasteiger partial charge in [-0.05, 0) is 14.0 Å². The molecule has 1 aromatic heterocycles. The minimum absolute atomic E-state index is 0.0499. The highest BCUT2D eigenvalue weighted by molar-refractivity contribution is 7.15. The van der Waals surface area contributed by atoms with Crippen LogP contribution in [-0.2, 0) is 9.59 Å². The Bertz CT molecular complexity index is 547. The molecule has 3 unspecified atom stereocenters. The van der Waals surface area contributed by atoms with Gasteiger partial charge >= 0.3 is 0 Å². The van der Waals surface area contributed by atoms with Crippen molar-refractivity contribution in [3.63, 3.8) is 0 Å². The molecule has 8 nitrogen and oxygen atoms in total. The van der Waals surface area contributed by atoms with Crippen molar-refractivity contribution in [2.24, 2.45) is 11.8 Å². The molecule has 108 valence electrons. The highest BCUT2D eigenvalue weighted by atomic mass is 32.1. The quantitative estimate of drug-likeness (QED) is 0.645. The number of carbonyl (C=O) groups excluding carboxylic acids is 2. The Morgan fingerprint density at radius 1 is 1.45 bits per heavy atom. The Balaban J connectivity index is 1.74. The lowest BCUT2D eigenvalue weighted by molar-refractivity contribution is -0.126. The van der Waals surface area contributed by atoms with Crippen LogP contribution in [-0.4, -0.2) is 53.1 Å². The predicted molar refractivity (Wildman–Crippen MR) is 72.8 cm³/mol. The molecular formula is C11H16N6O2S. The summed E-state index contributed by atoms with van der Waals surface area (Å²) in [7, 11) is 1.91. The third-order valence-electron chi connectivity index (χ3n) is 3.68. The molecule has 9 heteroatoms. The summed E-state index contributed by atoms with van der Waals surface area (Å²) >= 11 is 1.34. The van der Waals surface area contributed by atoms with E-state index in [2.05, 4.69) is 26.4 Å². The lowest BCUT2D eigenvalue weighted by atomic mass is 9.84. The van der Waals surface area contributed by atoms with Gasteiger partial charge in [-0.1, -0.05) is 11.3 Å². The molecular weight excluding hydrogens is 280 g/mol. The number of aryl methyl sites for hydroxylation is 1. The molecule has 2 saturated heterocycles. The second-order valence-corrected chi connectivity index (χ2v) is 6.39. The summed E-state index contributed by atoms with van der Waals surface area (Å²) < 4.78 is 0. The van der Waals surface area contributed by atoms with Crippen molar-refractivity contribution in [3.05, 3.63) is 5.01 Å². The normalized spacial score (nSPS) is 29.9.